The minimum absolute atomic E-state index is 0.0289. The van der Waals surface area contributed by atoms with Crippen LogP contribution in [0.2, 0.25) is 0 Å². The second-order valence-electron chi connectivity index (χ2n) is 4.52. The predicted molar refractivity (Wildman–Crippen MR) is 76.6 cm³/mol. The van der Waals surface area contributed by atoms with Crippen molar-refractivity contribution in [3.05, 3.63) is 47.7 Å². The van der Waals surface area contributed by atoms with Gasteiger partial charge in [0.05, 0.1) is 20.1 Å². The lowest BCUT2D eigenvalue weighted by Crippen LogP contribution is -2.07. The Labute approximate surface area is 127 Å². The van der Waals surface area contributed by atoms with E-state index in [0.29, 0.717) is 0 Å². The van der Waals surface area contributed by atoms with Crippen molar-refractivity contribution in [2.75, 3.05) is 7.11 Å². The molecule has 1 aromatic heterocycles. The predicted octanol–water partition coefficient (Wildman–Crippen LogP) is 1.72. The van der Waals surface area contributed by atoms with Gasteiger partial charge in [-0.2, -0.15) is 0 Å². The Morgan fingerprint density at radius 1 is 1.27 bits per heavy atom. The van der Waals surface area contributed by atoms with Gasteiger partial charge in [0.25, 0.3) is 0 Å². The maximum Gasteiger partial charge on any atom is 0.342 e. The van der Waals surface area contributed by atoms with Gasteiger partial charge in [-0.05, 0) is 5.56 Å². The third-order valence-corrected chi connectivity index (χ3v) is 2.95. The number of aromatic carboxylic acids is 1. The number of benzene rings is 1. The van der Waals surface area contributed by atoms with Crippen molar-refractivity contribution in [2.24, 2.45) is 0 Å². The number of hydrogen-bond donors (Lipinski definition) is 1. The third kappa shape index (κ3) is 4.08. The van der Waals surface area contributed by atoms with Gasteiger partial charge in [0.2, 0.25) is 5.88 Å². The Bertz CT molecular complexity index is 651. The summed E-state index contributed by atoms with van der Waals surface area (Å²) >= 11 is 0. The number of carbonyl (C=O) groups excluding carboxylic acids is 1. The van der Waals surface area contributed by atoms with Gasteiger partial charge >= 0.3 is 11.9 Å². The quantitative estimate of drug-likeness (QED) is 0.783. The lowest BCUT2D eigenvalue weighted by molar-refractivity contribution is -0.140. The van der Waals surface area contributed by atoms with Crippen molar-refractivity contribution in [3.63, 3.8) is 0 Å². The molecule has 0 saturated carbocycles. The molecule has 2 rings (SSSR count). The van der Waals surface area contributed by atoms with Crippen molar-refractivity contribution in [3.8, 4) is 5.88 Å². The zero-order valence-corrected chi connectivity index (χ0v) is 12.1. The van der Waals surface area contributed by atoms with Crippen molar-refractivity contribution in [1.82, 2.24) is 9.78 Å². The average molecular weight is 304 g/mol. The summed E-state index contributed by atoms with van der Waals surface area (Å²) in [5.74, 6) is -1.49. The molecule has 22 heavy (non-hydrogen) atoms. The Hall–Kier alpha value is -2.83. The van der Waals surface area contributed by atoms with Crippen LogP contribution in [0.5, 0.6) is 5.88 Å². The Balaban J connectivity index is 2.07. The molecule has 0 unspecified atom stereocenters. The largest absolute Gasteiger partial charge is 0.477 e. The molecule has 1 N–H and O–H groups in total. The number of carbonyl (C=O) groups is 2. The van der Waals surface area contributed by atoms with E-state index in [1.54, 1.807) is 0 Å². The lowest BCUT2D eigenvalue weighted by atomic mass is 10.2. The third-order valence-electron chi connectivity index (χ3n) is 2.95. The molecule has 2 aromatic rings. The normalized spacial score (nSPS) is 10.2. The average Bonchev–Trinajstić information content (AvgIpc) is 2.95. The summed E-state index contributed by atoms with van der Waals surface area (Å²) in [4.78, 5) is 22.3. The Morgan fingerprint density at radius 3 is 2.64 bits per heavy atom. The fraction of sp³-hybridized carbons (Fsp3) is 0.267. The number of aryl methyl sites for hydroxylation is 1. The summed E-state index contributed by atoms with van der Waals surface area (Å²) in [6.07, 6.45) is 1.45. The zero-order valence-electron chi connectivity index (χ0n) is 12.1. The van der Waals surface area contributed by atoms with E-state index in [-0.39, 0.29) is 37.0 Å². The molecule has 7 heteroatoms. The first-order valence-electron chi connectivity index (χ1n) is 6.64. The molecule has 116 valence electrons. The number of esters is 1. The molecule has 0 spiro atoms. The number of nitrogens with zero attached hydrogens (tertiary/aromatic N) is 2. The molecule has 1 aromatic carbocycles. The van der Waals surface area contributed by atoms with Gasteiger partial charge in [0, 0.05) is 6.20 Å². The smallest absolute Gasteiger partial charge is 0.342 e. The van der Waals surface area contributed by atoms with E-state index in [1.807, 2.05) is 30.3 Å². The Morgan fingerprint density at radius 2 is 2.00 bits per heavy atom. The number of carboxylic acids is 1. The molecule has 0 amide bonds. The fourth-order valence-electron chi connectivity index (χ4n) is 1.81. The first-order valence-corrected chi connectivity index (χ1v) is 6.64. The highest BCUT2D eigenvalue weighted by Crippen LogP contribution is 2.18. The summed E-state index contributed by atoms with van der Waals surface area (Å²) in [5.41, 5.74) is 0.865. The first kappa shape index (κ1) is 15.6. The maximum absolute atomic E-state index is 11.2. The highest BCUT2D eigenvalue weighted by molar-refractivity contribution is 5.89. The number of methoxy groups -OCH3 is 1. The molecule has 7 nitrogen and oxygen atoms in total. The van der Waals surface area contributed by atoms with Crippen LogP contribution in [0.1, 0.15) is 22.3 Å². The van der Waals surface area contributed by atoms with Gasteiger partial charge in [0.1, 0.15) is 12.2 Å². The zero-order chi connectivity index (χ0) is 15.9. The molecule has 0 aliphatic carbocycles. The lowest BCUT2D eigenvalue weighted by Gasteiger charge is -2.04. The molecule has 0 bridgehead atoms. The van der Waals surface area contributed by atoms with Crippen LogP contribution in [0.15, 0.2) is 36.5 Å². The van der Waals surface area contributed by atoms with Crippen molar-refractivity contribution in [2.45, 2.75) is 19.6 Å². The standard InChI is InChI=1S/C15H16N2O5/c1-21-13(18)7-8-17-9-12(15(19)20)14(16-17)22-10-11-5-3-2-4-6-11/h2-6,9H,7-8,10H2,1H3,(H,19,20). The molecular weight excluding hydrogens is 288 g/mol. The number of hydrogen-bond acceptors (Lipinski definition) is 5. The number of aromatic nitrogens is 2. The highest BCUT2D eigenvalue weighted by atomic mass is 16.5. The van der Waals surface area contributed by atoms with Crippen molar-refractivity contribution < 1.29 is 24.2 Å². The second kappa shape index (κ2) is 7.26. The van der Waals surface area contributed by atoms with Crippen molar-refractivity contribution in [1.29, 1.82) is 0 Å². The maximum atomic E-state index is 11.2. The molecule has 0 aliphatic rings. The van der Waals surface area contributed by atoms with Crippen LogP contribution in [-0.4, -0.2) is 33.9 Å². The number of rotatable bonds is 7. The molecule has 1 heterocycles. The Kier molecular flexibility index (Phi) is 5.13. The monoisotopic (exact) mass is 304 g/mol. The fourth-order valence-corrected chi connectivity index (χ4v) is 1.81. The minimum Gasteiger partial charge on any atom is -0.477 e. The highest BCUT2D eigenvalue weighted by Gasteiger charge is 2.17. The van der Waals surface area contributed by atoms with Crippen LogP contribution >= 0.6 is 0 Å². The second-order valence-corrected chi connectivity index (χ2v) is 4.52. The van der Waals surface area contributed by atoms with E-state index < -0.39 is 5.97 Å². The molecular formula is C15H16N2O5. The van der Waals surface area contributed by atoms with E-state index in [9.17, 15) is 14.7 Å². The molecule has 0 atom stereocenters. The van der Waals surface area contributed by atoms with Crippen LogP contribution in [0, 0.1) is 0 Å². The van der Waals surface area contributed by atoms with E-state index in [4.69, 9.17) is 4.74 Å². The van der Waals surface area contributed by atoms with E-state index in [1.165, 1.54) is 18.0 Å². The minimum atomic E-state index is -1.13. The SMILES string of the molecule is COC(=O)CCn1cc(C(=O)O)c(OCc2ccccc2)n1. The van der Waals surface area contributed by atoms with E-state index >= 15 is 0 Å². The summed E-state index contributed by atoms with van der Waals surface area (Å²) < 4.78 is 11.4. The van der Waals surface area contributed by atoms with Gasteiger partial charge in [-0.15, -0.1) is 5.10 Å². The van der Waals surface area contributed by atoms with Crippen LogP contribution < -0.4 is 4.74 Å². The van der Waals surface area contributed by atoms with Gasteiger partial charge in [-0.25, -0.2) is 4.79 Å². The topological polar surface area (TPSA) is 90.7 Å². The molecule has 0 saturated heterocycles. The van der Waals surface area contributed by atoms with Crippen LogP contribution in [0.3, 0.4) is 0 Å². The van der Waals surface area contributed by atoms with Gasteiger partial charge in [-0.3, -0.25) is 9.48 Å². The number of carboxylic acid groups (broad SMARTS) is 1. The van der Waals surface area contributed by atoms with E-state index in [0.717, 1.165) is 5.56 Å². The summed E-state index contributed by atoms with van der Waals surface area (Å²) in [5, 5.41) is 13.2. The van der Waals surface area contributed by atoms with E-state index in [2.05, 4.69) is 9.84 Å². The van der Waals surface area contributed by atoms with Crippen LogP contribution in [-0.2, 0) is 22.7 Å². The van der Waals surface area contributed by atoms with Gasteiger partial charge < -0.3 is 14.6 Å². The summed E-state index contributed by atoms with van der Waals surface area (Å²) in [6.45, 7) is 0.441. The summed E-state index contributed by atoms with van der Waals surface area (Å²) in [6, 6.07) is 9.36. The first-order chi connectivity index (χ1) is 10.6. The van der Waals surface area contributed by atoms with Crippen LogP contribution in [0.25, 0.3) is 0 Å². The van der Waals surface area contributed by atoms with Gasteiger partial charge in [-0.1, -0.05) is 30.3 Å². The molecule has 0 radical (unpaired) electrons. The van der Waals surface area contributed by atoms with Gasteiger partial charge in [0.15, 0.2) is 0 Å². The molecule has 0 fully saturated rings. The summed E-state index contributed by atoms with van der Waals surface area (Å²) in [7, 11) is 1.29. The van der Waals surface area contributed by atoms with Crippen molar-refractivity contribution >= 4 is 11.9 Å². The van der Waals surface area contributed by atoms with Crippen LogP contribution in [0.4, 0.5) is 0 Å². The number of ether oxygens (including phenoxy) is 2. The molecule has 0 aliphatic heterocycles.